The van der Waals surface area contributed by atoms with E-state index in [1.54, 1.807) is 0 Å². The third kappa shape index (κ3) is 8.29. The predicted molar refractivity (Wildman–Crippen MR) is 337 cm³/mol. The van der Waals surface area contributed by atoms with Crippen LogP contribution in [-0.2, 0) is 16.2 Å². The number of para-hydroxylation sites is 2. The van der Waals surface area contributed by atoms with E-state index in [2.05, 4.69) is 295 Å². The minimum atomic E-state index is -0.222. The second-order valence-electron chi connectivity index (χ2n) is 24.9. The molecular weight excluding hydrogens is 976 g/mol. The first-order valence-electron chi connectivity index (χ1n) is 28.0. The van der Waals surface area contributed by atoms with E-state index in [0.717, 1.165) is 101 Å². The van der Waals surface area contributed by atoms with Crippen LogP contribution in [0.3, 0.4) is 0 Å². The summed E-state index contributed by atoms with van der Waals surface area (Å²) >= 11 is 0. The van der Waals surface area contributed by atoms with E-state index in [1.807, 2.05) is 0 Å². The van der Waals surface area contributed by atoms with Gasteiger partial charge in [-0.3, -0.25) is 0 Å². The Kier molecular flexibility index (Phi) is 11.2. The lowest BCUT2D eigenvalue weighted by molar-refractivity contribution is 0.589. The molecule has 12 aromatic rings. The van der Waals surface area contributed by atoms with Gasteiger partial charge in [0.15, 0.2) is 5.58 Å². The maximum absolute atomic E-state index is 6.93. The summed E-state index contributed by atoms with van der Waals surface area (Å²) in [6.45, 7) is 20.4. The molecule has 6 nitrogen and oxygen atoms in total. The van der Waals surface area contributed by atoms with Crippen LogP contribution in [0.4, 0.5) is 51.2 Å². The number of aromatic nitrogens is 1. The summed E-state index contributed by atoms with van der Waals surface area (Å²) in [7, 11) is 0. The highest BCUT2D eigenvalue weighted by atomic mass is 16.3. The molecule has 0 bridgehead atoms. The smallest absolute Gasteiger partial charge is 0.252 e. The molecule has 80 heavy (non-hydrogen) atoms. The Morgan fingerprint density at radius 3 is 1.51 bits per heavy atom. The first kappa shape index (κ1) is 49.2. The molecule has 0 radical (unpaired) electrons. The average Bonchev–Trinajstić information content (AvgIpc) is 4.01. The Labute approximate surface area is 469 Å². The van der Waals surface area contributed by atoms with E-state index in [0.29, 0.717) is 5.89 Å². The lowest BCUT2D eigenvalue weighted by Crippen LogP contribution is -2.61. The number of anilines is 9. The van der Waals surface area contributed by atoms with Crippen molar-refractivity contribution < 1.29 is 8.83 Å². The topological polar surface area (TPSA) is 48.9 Å². The molecule has 4 heterocycles. The minimum Gasteiger partial charge on any atom is -0.456 e. The van der Waals surface area contributed by atoms with Gasteiger partial charge in [-0.1, -0.05) is 165 Å². The zero-order chi connectivity index (χ0) is 54.8. The first-order chi connectivity index (χ1) is 38.5. The Morgan fingerprint density at radius 2 is 0.900 bits per heavy atom. The van der Waals surface area contributed by atoms with Gasteiger partial charge in [-0.05, 0) is 176 Å². The highest BCUT2D eigenvalue weighted by Gasteiger charge is 2.45. The number of hydrogen-bond donors (Lipinski definition) is 0. The van der Waals surface area contributed by atoms with E-state index < -0.39 is 0 Å². The molecule has 0 atom stereocenters. The molecule has 2 aliphatic rings. The Morgan fingerprint density at radius 1 is 0.375 bits per heavy atom. The molecule has 2 aliphatic heterocycles. The van der Waals surface area contributed by atoms with Crippen LogP contribution in [0.2, 0.25) is 0 Å². The van der Waals surface area contributed by atoms with Gasteiger partial charge in [0.25, 0.3) is 6.71 Å². The van der Waals surface area contributed by atoms with Crippen LogP contribution >= 0.6 is 0 Å². The van der Waals surface area contributed by atoms with Gasteiger partial charge in [-0.2, -0.15) is 0 Å². The number of rotatable bonds is 7. The van der Waals surface area contributed by atoms with Crippen molar-refractivity contribution in [3.8, 4) is 22.6 Å². The quantitative estimate of drug-likeness (QED) is 0.148. The van der Waals surface area contributed by atoms with Crippen LogP contribution in [0.1, 0.15) is 79.0 Å². The molecule has 2 aromatic heterocycles. The number of benzene rings is 10. The van der Waals surface area contributed by atoms with Crippen molar-refractivity contribution in [2.45, 2.75) is 78.6 Å². The SMILES string of the molecule is CC(C)(C)c1ccc(-c2nc3cc4c(cc3o2)B2c3ccc(N(c5ccccc5)c5ccccc5)cc3N(c3ccc(C(C)(C)C)cc3)c3cc(C(C)(C)C)cc(c32)N4c2ccc3oc4ccc(-c5ccccc5)cc4c3c2)cc1. The molecule has 0 N–H and O–H groups in total. The molecule has 0 aliphatic carbocycles. The lowest BCUT2D eigenvalue weighted by atomic mass is 9.33. The van der Waals surface area contributed by atoms with Gasteiger partial charge in [-0.15, -0.1) is 0 Å². The van der Waals surface area contributed by atoms with E-state index in [9.17, 15) is 0 Å². The summed E-state index contributed by atoms with van der Waals surface area (Å²) in [5.74, 6) is 0.601. The maximum Gasteiger partial charge on any atom is 0.252 e. The van der Waals surface area contributed by atoms with Crippen molar-refractivity contribution in [1.29, 1.82) is 0 Å². The van der Waals surface area contributed by atoms with Gasteiger partial charge in [-0.25, -0.2) is 4.98 Å². The van der Waals surface area contributed by atoms with E-state index in [1.165, 1.54) is 33.2 Å². The zero-order valence-electron chi connectivity index (χ0n) is 47.0. The molecule has 0 amide bonds. The van der Waals surface area contributed by atoms with Crippen LogP contribution < -0.4 is 31.1 Å². The number of nitrogens with zero attached hydrogens (tertiary/aromatic N) is 4. The van der Waals surface area contributed by atoms with Gasteiger partial charge in [0.1, 0.15) is 16.7 Å². The third-order valence-corrected chi connectivity index (χ3v) is 16.5. The average molecular weight is 1040 g/mol. The standard InChI is InChI=1S/C73H63BN4O2/c1-71(2,3)49-28-25-47(26-29-49)70-75-61-45-63-60(44-68(61)80-70)74-59-36-34-56(76(52-21-15-11-16-22-52)53-23-17-12-18-24-53)43-62(59)77(54-32-30-50(31-33-54)72(4,5)6)64-40-51(73(7,8)9)41-65(69(64)74)78(63)55-35-38-67-58(42-55)57-39-48(27-37-66(57)79-67)46-19-13-10-14-20-46/h10-45H,1-9H3. The van der Waals surface area contributed by atoms with Crippen LogP contribution in [0.15, 0.2) is 227 Å². The van der Waals surface area contributed by atoms with Crippen molar-refractivity contribution >= 4 is 107 Å². The predicted octanol–water partition coefficient (Wildman–Crippen LogP) is 18.5. The second kappa shape index (κ2) is 18.3. The Balaban J connectivity index is 1.05. The fraction of sp³-hybridized carbons (Fsp3) is 0.164. The number of fused-ring (bicyclic) bond motifs is 8. The fourth-order valence-corrected chi connectivity index (χ4v) is 12.2. The van der Waals surface area contributed by atoms with Crippen molar-refractivity contribution in [2.24, 2.45) is 0 Å². The number of oxazole rings is 1. The maximum atomic E-state index is 6.93. The van der Waals surface area contributed by atoms with Gasteiger partial charge in [0.05, 0.1) is 0 Å². The number of furan rings is 1. The van der Waals surface area contributed by atoms with E-state index in [4.69, 9.17) is 13.8 Å². The summed E-state index contributed by atoms with van der Waals surface area (Å²) in [4.78, 5) is 12.7. The highest BCUT2D eigenvalue weighted by Crippen LogP contribution is 2.49. The van der Waals surface area contributed by atoms with Gasteiger partial charge >= 0.3 is 0 Å². The second-order valence-corrected chi connectivity index (χ2v) is 24.9. The van der Waals surface area contributed by atoms with Gasteiger partial charge in [0.2, 0.25) is 5.89 Å². The zero-order valence-corrected chi connectivity index (χ0v) is 47.0. The Bertz CT molecular complexity index is 4310. The Hall–Kier alpha value is -9.07. The minimum absolute atomic E-state index is 0.0168. The molecule has 14 rings (SSSR count). The molecule has 7 heteroatoms. The molecule has 0 spiro atoms. The third-order valence-electron chi connectivity index (χ3n) is 16.5. The largest absolute Gasteiger partial charge is 0.456 e. The monoisotopic (exact) mass is 1040 g/mol. The van der Waals surface area contributed by atoms with E-state index >= 15 is 0 Å². The van der Waals surface area contributed by atoms with Crippen molar-refractivity contribution in [3.63, 3.8) is 0 Å². The van der Waals surface area contributed by atoms with Crippen LogP contribution in [0, 0.1) is 0 Å². The molecule has 0 unspecified atom stereocenters. The first-order valence-corrected chi connectivity index (χ1v) is 28.0. The summed E-state index contributed by atoms with van der Waals surface area (Å²) in [6, 6.07) is 79.9. The molecule has 0 saturated carbocycles. The summed E-state index contributed by atoms with van der Waals surface area (Å²) in [5.41, 5.74) is 23.5. The number of hydrogen-bond acceptors (Lipinski definition) is 6. The van der Waals surface area contributed by atoms with Crippen LogP contribution in [0.5, 0.6) is 0 Å². The summed E-state index contributed by atoms with van der Waals surface area (Å²) in [6.07, 6.45) is 0. The van der Waals surface area contributed by atoms with Crippen molar-refractivity contribution in [2.75, 3.05) is 14.7 Å². The fourth-order valence-electron chi connectivity index (χ4n) is 12.2. The highest BCUT2D eigenvalue weighted by molar-refractivity contribution is 7.00. The normalized spacial score (nSPS) is 13.2. The van der Waals surface area contributed by atoms with Crippen LogP contribution in [-0.4, -0.2) is 11.7 Å². The van der Waals surface area contributed by atoms with Crippen LogP contribution in [0.25, 0.3) is 55.6 Å². The molecular formula is C73H63BN4O2. The van der Waals surface area contributed by atoms with Crippen molar-refractivity contribution in [3.05, 3.63) is 235 Å². The molecule has 0 saturated heterocycles. The molecule has 390 valence electrons. The van der Waals surface area contributed by atoms with E-state index in [-0.39, 0.29) is 23.0 Å². The lowest BCUT2D eigenvalue weighted by Gasteiger charge is -2.45. The summed E-state index contributed by atoms with van der Waals surface area (Å²) < 4.78 is 13.6. The van der Waals surface area contributed by atoms with Gasteiger partial charge in [0, 0.05) is 67.5 Å². The van der Waals surface area contributed by atoms with Gasteiger partial charge < -0.3 is 23.5 Å². The van der Waals surface area contributed by atoms with Crippen molar-refractivity contribution in [1.82, 2.24) is 4.98 Å². The summed E-state index contributed by atoms with van der Waals surface area (Å²) in [5, 5.41) is 2.13. The molecule has 0 fully saturated rings. The molecule has 10 aromatic carbocycles.